The van der Waals surface area contributed by atoms with Gasteiger partial charge in [0, 0.05) is 35.2 Å². The predicted molar refractivity (Wildman–Crippen MR) is 181 cm³/mol. The number of ether oxygens (including phenoxy) is 2. The lowest BCUT2D eigenvalue weighted by Gasteiger charge is -2.32. The molecule has 6 aromatic heterocycles. The summed E-state index contributed by atoms with van der Waals surface area (Å²) in [5.41, 5.74) is 4.25. The van der Waals surface area contributed by atoms with Gasteiger partial charge in [-0.3, -0.25) is 0 Å². The molecule has 0 unspecified atom stereocenters. The highest BCUT2D eigenvalue weighted by Crippen LogP contribution is 2.37. The molecule has 7 heterocycles. The summed E-state index contributed by atoms with van der Waals surface area (Å²) >= 11 is 3.43. The normalized spacial score (nSPS) is 15.0. The van der Waals surface area contributed by atoms with Crippen LogP contribution in [-0.2, 0) is 18.8 Å². The third-order valence-electron chi connectivity index (χ3n) is 8.32. The van der Waals surface area contributed by atoms with Gasteiger partial charge in [0.15, 0.2) is 0 Å². The van der Waals surface area contributed by atoms with E-state index in [0.717, 1.165) is 32.1 Å². The highest BCUT2D eigenvalue weighted by Gasteiger charge is 2.52. The maximum Gasteiger partial charge on any atom is 0.498 e. The number of pyridine rings is 2. The van der Waals surface area contributed by atoms with E-state index in [9.17, 15) is 9.59 Å². The largest absolute Gasteiger partial charge is 0.498 e. The first-order valence-corrected chi connectivity index (χ1v) is 16.2. The van der Waals surface area contributed by atoms with Gasteiger partial charge in [0.05, 0.1) is 57.2 Å². The maximum absolute atomic E-state index is 11.9. The fourth-order valence-corrected chi connectivity index (χ4v) is 5.41. The molecule has 1 aliphatic heterocycles. The Hall–Kier alpha value is -4.66. The van der Waals surface area contributed by atoms with Crippen LogP contribution in [0.15, 0.2) is 87.0 Å². The second-order valence-corrected chi connectivity index (χ2v) is 12.9. The zero-order valence-corrected chi connectivity index (χ0v) is 28.9. The Labute approximate surface area is 285 Å². The molecule has 6 aromatic rings. The minimum atomic E-state index is -0.510. The van der Waals surface area contributed by atoms with Crippen LogP contribution in [0.3, 0.4) is 0 Å². The molecule has 1 saturated heterocycles. The number of nitrogens with zero attached hydrogens (tertiary/aromatic N) is 4. The van der Waals surface area contributed by atoms with Gasteiger partial charge in [-0.15, -0.1) is 0 Å². The molecular weight excluding hydrogens is 683 g/mol. The fraction of sp³-hybridized carbons (Fsp3) is 0.294. The Morgan fingerprint density at radius 3 is 1.77 bits per heavy atom. The summed E-state index contributed by atoms with van der Waals surface area (Å²) in [5.74, 6) is 0.408. The summed E-state index contributed by atoms with van der Waals surface area (Å²) in [5, 5.41) is 8.58. The van der Waals surface area contributed by atoms with Crippen LogP contribution >= 0.6 is 15.9 Å². The van der Waals surface area contributed by atoms with Crippen molar-refractivity contribution in [1.29, 1.82) is 0 Å². The number of esters is 2. The number of aromatic nitrogens is 4. The van der Waals surface area contributed by atoms with Gasteiger partial charge < -0.3 is 27.6 Å². The fourth-order valence-electron chi connectivity index (χ4n) is 5.03. The molecule has 0 atom stereocenters. The SMILES string of the molecule is CCOC(=O)c1coc(-c2ccn3ncc(B4OC(C)(C)C(C)(C)O4)c3c2)c1.CCOC(=O)c1coc(-c2ccn3ncc(Br)c3c2)c1. The third-order valence-corrected chi connectivity index (χ3v) is 8.93. The molecule has 7 rings (SSSR count). The van der Waals surface area contributed by atoms with Crippen LogP contribution in [0.1, 0.15) is 62.3 Å². The molecule has 0 spiro atoms. The van der Waals surface area contributed by atoms with Crippen LogP contribution in [0.4, 0.5) is 0 Å². The summed E-state index contributed by atoms with van der Waals surface area (Å²) in [6.45, 7) is 12.3. The van der Waals surface area contributed by atoms with Crippen molar-refractivity contribution in [2.75, 3.05) is 13.2 Å². The van der Waals surface area contributed by atoms with Gasteiger partial charge in [-0.1, -0.05) is 0 Å². The van der Waals surface area contributed by atoms with E-state index in [1.165, 1.54) is 12.5 Å². The molecule has 0 saturated carbocycles. The molecule has 0 bridgehead atoms. The number of fused-ring (bicyclic) bond motifs is 2. The van der Waals surface area contributed by atoms with E-state index >= 15 is 0 Å². The van der Waals surface area contributed by atoms with Crippen molar-refractivity contribution in [3.8, 4) is 22.6 Å². The number of carbonyl (C=O) groups is 2. The minimum Gasteiger partial charge on any atom is -0.463 e. The van der Waals surface area contributed by atoms with Crippen LogP contribution < -0.4 is 5.46 Å². The Morgan fingerprint density at radius 2 is 1.25 bits per heavy atom. The second-order valence-electron chi connectivity index (χ2n) is 12.0. The molecule has 1 aliphatic rings. The van der Waals surface area contributed by atoms with Gasteiger partial charge in [0.25, 0.3) is 0 Å². The lowest BCUT2D eigenvalue weighted by molar-refractivity contribution is 0.00578. The third kappa shape index (κ3) is 6.42. The number of carbonyl (C=O) groups excluding carboxylic acids is 2. The summed E-state index contributed by atoms with van der Waals surface area (Å²) < 4.78 is 37.7. The van der Waals surface area contributed by atoms with E-state index in [1.54, 1.807) is 47.4 Å². The summed E-state index contributed by atoms with van der Waals surface area (Å²) in [6.07, 6.45) is 9.97. The minimum absolute atomic E-state index is 0.318. The lowest BCUT2D eigenvalue weighted by atomic mass is 9.80. The Morgan fingerprint density at radius 1 is 0.771 bits per heavy atom. The second kappa shape index (κ2) is 13.1. The standard InChI is InChI=1S/C20H23BN2O5.C14H11BrN2O3/c1-6-25-18(24)14-10-17(26-12-14)13-7-8-23-16(9-13)15(11-22-23)21-27-19(2,3)20(4,5)28-21;1-2-19-14(18)10-6-13(20-8-10)9-3-4-17-12(5-9)11(15)7-16-17/h7-12H,6H2,1-5H3;3-8H,2H2,1H3. The Kier molecular flexibility index (Phi) is 9.07. The van der Waals surface area contributed by atoms with E-state index < -0.39 is 24.3 Å². The first-order valence-electron chi connectivity index (χ1n) is 15.4. The smallest absolute Gasteiger partial charge is 0.463 e. The molecule has 1 fully saturated rings. The highest BCUT2D eigenvalue weighted by atomic mass is 79.9. The monoisotopic (exact) mass is 716 g/mol. The summed E-state index contributed by atoms with van der Waals surface area (Å²) in [6, 6.07) is 11.0. The molecule has 48 heavy (non-hydrogen) atoms. The highest BCUT2D eigenvalue weighted by molar-refractivity contribution is 9.10. The van der Waals surface area contributed by atoms with E-state index in [1.807, 2.05) is 64.4 Å². The first kappa shape index (κ1) is 33.3. The van der Waals surface area contributed by atoms with Crippen LogP contribution in [0.2, 0.25) is 0 Å². The van der Waals surface area contributed by atoms with Crippen molar-refractivity contribution in [3.05, 3.63) is 89.3 Å². The van der Waals surface area contributed by atoms with Crippen LogP contribution in [0.25, 0.3) is 33.7 Å². The van der Waals surface area contributed by atoms with Gasteiger partial charge in [0.2, 0.25) is 0 Å². The van der Waals surface area contributed by atoms with Gasteiger partial charge >= 0.3 is 19.1 Å². The quantitative estimate of drug-likeness (QED) is 0.131. The van der Waals surface area contributed by atoms with Gasteiger partial charge in [-0.2, -0.15) is 10.2 Å². The molecular formula is C34H34BBrN4O8. The number of halogens is 1. The van der Waals surface area contributed by atoms with Crippen LogP contribution in [-0.4, -0.2) is 62.7 Å². The van der Waals surface area contributed by atoms with Crippen molar-refractivity contribution in [3.63, 3.8) is 0 Å². The molecule has 0 radical (unpaired) electrons. The number of furan rings is 2. The molecule has 14 heteroatoms. The van der Waals surface area contributed by atoms with E-state index in [0.29, 0.717) is 35.9 Å². The van der Waals surface area contributed by atoms with E-state index in [4.69, 9.17) is 27.6 Å². The van der Waals surface area contributed by atoms with E-state index in [-0.39, 0.29) is 5.97 Å². The van der Waals surface area contributed by atoms with Gasteiger partial charge in [-0.05, 0) is 93.9 Å². The van der Waals surface area contributed by atoms with E-state index in [2.05, 4.69) is 26.1 Å². The average molecular weight is 717 g/mol. The van der Waals surface area contributed by atoms with Crippen LogP contribution in [0.5, 0.6) is 0 Å². The molecule has 0 aliphatic carbocycles. The zero-order chi connectivity index (χ0) is 34.2. The van der Waals surface area contributed by atoms with Crippen molar-refractivity contribution >= 4 is 51.5 Å². The number of rotatable bonds is 7. The molecule has 0 amide bonds. The van der Waals surface area contributed by atoms with Crippen molar-refractivity contribution < 1.29 is 37.2 Å². The first-order chi connectivity index (χ1) is 22.9. The topological polar surface area (TPSA) is 132 Å². The molecule has 0 aromatic carbocycles. The summed E-state index contributed by atoms with van der Waals surface area (Å²) in [7, 11) is -0.510. The number of hydrogen-bond donors (Lipinski definition) is 0. The number of hydrogen-bond acceptors (Lipinski definition) is 10. The zero-order valence-electron chi connectivity index (χ0n) is 27.4. The molecule has 0 N–H and O–H groups in total. The lowest BCUT2D eigenvalue weighted by Crippen LogP contribution is -2.41. The van der Waals surface area contributed by atoms with Crippen LogP contribution in [0, 0.1) is 0 Å². The van der Waals surface area contributed by atoms with Gasteiger partial charge in [0.1, 0.15) is 24.0 Å². The molecule has 248 valence electrons. The molecule has 12 nitrogen and oxygen atoms in total. The predicted octanol–water partition coefficient (Wildman–Crippen LogP) is 6.60. The Bertz CT molecular complexity index is 2090. The van der Waals surface area contributed by atoms with Gasteiger partial charge in [-0.25, -0.2) is 18.6 Å². The van der Waals surface area contributed by atoms with Crippen molar-refractivity contribution in [2.45, 2.75) is 52.7 Å². The van der Waals surface area contributed by atoms with Crippen molar-refractivity contribution in [2.24, 2.45) is 0 Å². The Balaban J connectivity index is 0.000000177. The van der Waals surface area contributed by atoms with Crippen molar-refractivity contribution in [1.82, 2.24) is 19.2 Å². The maximum atomic E-state index is 11.9. The summed E-state index contributed by atoms with van der Waals surface area (Å²) in [4.78, 5) is 23.5. The average Bonchev–Trinajstić information content (AvgIpc) is 3.88.